The Morgan fingerprint density at radius 2 is 2.35 bits per heavy atom. The molecule has 1 aliphatic carbocycles. The van der Waals surface area contributed by atoms with Gasteiger partial charge in [0.05, 0.1) is 18.8 Å². The summed E-state index contributed by atoms with van der Waals surface area (Å²) < 4.78 is 10.9. The lowest BCUT2D eigenvalue weighted by molar-refractivity contribution is -0.129. The van der Waals surface area contributed by atoms with E-state index in [0.717, 1.165) is 19.3 Å². The van der Waals surface area contributed by atoms with E-state index in [9.17, 15) is 4.79 Å². The molecule has 1 saturated heterocycles. The first kappa shape index (κ1) is 15.3. The molecule has 2 aliphatic rings. The maximum atomic E-state index is 11.9. The summed E-state index contributed by atoms with van der Waals surface area (Å²) >= 11 is 0. The highest BCUT2D eigenvalue weighted by Gasteiger charge is 2.27. The number of carbonyl (C=O) groups is 1. The lowest BCUT2D eigenvalue weighted by atomic mass is 9.89. The SMILES string of the molecule is C[C@@H]1CCC[C@H](OCC(=O)N[C@@H](C#N)[C@H]2CCOC2)C1. The molecule has 5 heteroatoms. The predicted molar refractivity (Wildman–Crippen MR) is 73.8 cm³/mol. The number of ether oxygens (including phenoxy) is 2. The van der Waals surface area contributed by atoms with Gasteiger partial charge in [-0.1, -0.05) is 19.8 Å². The molecule has 0 bridgehead atoms. The molecule has 1 heterocycles. The van der Waals surface area contributed by atoms with Crippen molar-refractivity contribution in [3.05, 3.63) is 0 Å². The summed E-state index contributed by atoms with van der Waals surface area (Å²) in [5, 5.41) is 11.9. The van der Waals surface area contributed by atoms with Crippen molar-refractivity contribution in [2.45, 2.75) is 51.2 Å². The van der Waals surface area contributed by atoms with Crippen LogP contribution in [-0.2, 0) is 14.3 Å². The Morgan fingerprint density at radius 3 is 3.00 bits per heavy atom. The smallest absolute Gasteiger partial charge is 0.247 e. The summed E-state index contributed by atoms with van der Waals surface area (Å²) in [6.45, 7) is 3.51. The lowest BCUT2D eigenvalue weighted by Crippen LogP contribution is -2.42. The fraction of sp³-hybridized carbons (Fsp3) is 0.867. The predicted octanol–water partition coefficient (Wildman–Crippen LogP) is 1.63. The van der Waals surface area contributed by atoms with Crippen LogP contribution in [0, 0.1) is 23.2 Å². The molecule has 1 aliphatic heterocycles. The summed E-state index contributed by atoms with van der Waals surface area (Å²) in [6.07, 6.45) is 5.53. The fourth-order valence-electron chi connectivity index (χ4n) is 3.01. The van der Waals surface area contributed by atoms with Crippen LogP contribution >= 0.6 is 0 Å². The van der Waals surface area contributed by atoms with Crippen LogP contribution in [0.1, 0.15) is 39.0 Å². The largest absolute Gasteiger partial charge is 0.381 e. The number of rotatable bonds is 5. The van der Waals surface area contributed by atoms with Crippen molar-refractivity contribution < 1.29 is 14.3 Å². The number of nitrogens with one attached hydrogen (secondary N) is 1. The molecule has 1 saturated carbocycles. The molecule has 20 heavy (non-hydrogen) atoms. The number of amides is 1. The molecule has 2 rings (SSSR count). The second-order valence-corrected chi connectivity index (χ2v) is 6.00. The van der Waals surface area contributed by atoms with Gasteiger partial charge in [-0.3, -0.25) is 4.79 Å². The number of nitriles is 1. The maximum Gasteiger partial charge on any atom is 0.247 e. The molecule has 0 aromatic carbocycles. The van der Waals surface area contributed by atoms with Gasteiger partial charge in [0.1, 0.15) is 12.6 Å². The molecule has 0 spiro atoms. The van der Waals surface area contributed by atoms with E-state index in [1.165, 1.54) is 12.8 Å². The molecule has 0 aromatic rings. The zero-order valence-corrected chi connectivity index (χ0v) is 12.1. The zero-order valence-electron chi connectivity index (χ0n) is 12.1. The van der Waals surface area contributed by atoms with Crippen molar-refractivity contribution in [3.63, 3.8) is 0 Å². The third-order valence-corrected chi connectivity index (χ3v) is 4.23. The van der Waals surface area contributed by atoms with E-state index in [0.29, 0.717) is 19.1 Å². The zero-order chi connectivity index (χ0) is 14.4. The average Bonchev–Trinajstić information content (AvgIpc) is 2.96. The van der Waals surface area contributed by atoms with Gasteiger partial charge in [0.15, 0.2) is 0 Å². The number of nitrogens with zero attached hydrogens (tertiary/aromatic N) is 1. The van der Waals surface area contributed by atoms with Crippen molar-refractivity contribution >= 4 is 5.91 Å². The second kappa shape index (κ2) is 7.61. The summed E-state index contributed by atoms with van der Waals surface area (Å²) in [6, 6.07) is 1.69. The van der Waals surface area contributed by atoms with Gasteiger partial charge in [-0.05, 0) is 25.2 Å². The van der Waals surface area contributed by atoms with Crippen LogP contribution < -0.4 is 5.32 Å². The molecular weight excluding hydrogens is 256 g/mol. The van der Waals surface area contributed by atoms with Crippen LogP contribution in [0.5, 0.6) is 0 Å². The highest BCUT2D eigenvalue weighted by molar-refractivity contribution is 5.77. The minimum Gasteiger partial charge on any atom is -0.381 e. The van der Waals surface area contributed by atoms with Gasteiger partial charge in [-0.15, -0.1) is 0 Å². The average molecular weight is 280 g/mol. The van der Waals surface area contributed by atoms with Crippen molar-refractivity contribution in [1.82, 2.24) is 5.32 Å². The van der Waals surface area contributed by atoms with Crippen LogP contribution in [0.25, 0.3) is 0 Å². The number of hydrogen-bond acceptors (Lipinski definition) is 4. The van der Waals surface area contributed by atoms with Gasteiger partial charge in [0.25, 0.3) is 0 Å². The van der Waals surface area contributed by atoms with Crippen LogP contribution in [-0.4, -0.2) is 37.9 Å². The first-order valence-corrected chi connectivity index (χ1v) is 7.57. The van der Waals surface area contributed by atoms with Crippen molar-refractivity contribution in [2.75, 3.05) is 19.8 Å². The van der Waals surface area contributed by atoms with Crippen LogP contribution in [0.2, 0.25) is 0 Å². The van der Waals surface area contributed by atoms with Crippen molar-refractivity contribution in [1.29, 1.82) is 5.26 Å². The molecule has 0 unspecified atom stereocenters. The minimum atomic E-state index is -0.459. The second-order valence-electron chi connectivity index (χ2n) is 6.00. The molecule has 0 aromatic heterocycles. The first-order valence-electron chi connectivity index (χ1n) is 7.57. The van der Waals surface area contributed by atoms with Gasteiger partial charge in [0, 0.05) is 12.5 Å². The van der Waals surface area contributed by atoms with E-state index in [2.05, 4.69) is 18.3 Å². The quantitative estimate of drug-likeness (QED) is 0.831. The Balaban J connectivity index is 1.70. The summed E-state index contributed by atoms with van der Waals surface area (Å²) in [5.41, 5.74) is 0. The Morgan fingerprint density at radius 1 is 1.50 bits per heavy atom. The molecule has 0 radical (unpaired) electrons. The van der Waals surface area contributed by atoms with E-state index in [1.54, 1.807) is 0 Å². The van der Waals surface area contributed by atoms with Crippen LogP contribution in [0.4, 0.5) is 0 Å². The summed E-state index contributed by atoms with van der Waals surface area (Å²) in [4.78, 5) is 11.9. The Bertz CT molecular complexity index is 361. The number of carbonyl (C=O) groups excluding carboxylic acids is 1. The molecule has 112 valence electrons. The Labute approximate surface area is 120 Å². The number of hydrogen-bond donors (Lipinski definition) is 1. The van der Waals surface area contributed by atoms with Gasteiger partial charge in [0.2, 0.25) is 5.91 Å². The van der Waals surface area contributed by atoms with Crippen LogP contribution in [0.15, 0.2) is 0 Å². The van der Waals surface area contributed by atoms with E-state index in [-0.39, 0.29) is 24.5 Å². The van der Waals surface area contributed by atoms with Crippen molar-refractivity contribution in [2.24, 2.45) is 11.8 Å². The minimum absolute atomic E-state index is 0.0587. The van der Waals surface area contributed by atoms with E-state index in [1.807, 2.05) is 0 Å². The molecule has 2 fully saturated rings. The molecule has 4 atom stereocenters. The van der Waals surface area contributed by atoms with E-state index in [4.69, 9.17) is 14.7 Å². The monoisotopic (exact) mass is 280 g/mol. The fourth-order valence-corrected chi connectivity index (χ4v) is 3.01. The lowest BCUT2D eigenvalue weighted by Gasteiger charge is -2.26. The molecule has 5 nitrogen and oxygen atoms in total. The van der Waals surface area contributed by atoms with Gasteiger partial charge < -0.3 is 14.8 Å². The van der Waals surface area contributed by atoms with Crippen LogP contribution in [0.3, 0.4) is 0 Å². The van der Waals surface area contributed by atoms with Crippen molar-refractivity contribution in [3.8, 4) is 6.07 Å². The molecule has 1 N–H and O–H groups in total. The first-order chi connectivity index (χ1) is 9.69. The normalized spacial score (nSPS) is 31.5. The Hall–Kier alpha value is -1.12. The van der Waals surface area contributed by atoms with E-state index >= 15 is 0 Å². The van der Waals surface area contributed by atoms with Gasteiger partial charge in [-0.2, -0.15) is 5.26 Å². The van der Waals surface area contributed by atoms with Gasteiger partial charge >= 0.3 is 0 Å². The third kappa shape index (κ3) is 4.46. The van der Waals surface area contributed by atoms with Gasteiger partial charge in [-0.25, -0.2) is 0 Å². The third-order valence-electron chi connectivity index (χ3n) is 4.23. The maximum absolute atomic E-state index is 11.9. The highest BCUT2D eigenvalue weighted by Crippen LogP contribution is 2.25. The van der Waals surface area contributed by atoms with E-state index < -0.39 is 6.04 Å². The molecular formula is C15H24N2O3. The topological polar surface area (TPSA) is 71.3 Å². The molecule has 1 amide bonds. The highest BCUT2D eigenvalue weighted by atomic mass is 16.5. The Kier molecular flexibility index (Phi) is 5.81. The standard InChI is InChI=1S/C15H24N2O3/c1-11-3-2-4-13(7-11)20-10-15(18)17-14(8-16)12-5-6-19-9-12/h11-14H,2-7,9-10H2,1H3,(H,17,18)/t11-,12+,13+,14+/m1/s1. The summed E-state index contributed by atoms with van der Waals surface area (Å²) in [5.74, 6) is 0.597. The summed E-state index contributed by atoms with van der Waals surface area (Å²) in [7, 11) is 0.